The Morgan fingerprint density at radius 1 is 1.10 bits per heavy atom. The molecule has 2 aromatic rings. The normalized spacial score (nSPS) is 15.8. The summed E-state index contributed by atoms with van der Waals surface area (Å²) in [5, 5.41) is 5.94. The maximum absolute atomic E-state index is 12.7. The molecule has 3 amide bonds. The first-order valence-corrected chi connectivity index (χ1v) is 10.6. The largest absolute Gasteiger partial charge is 0.493 e. The predicted molar refractivity (Wildman–Crippen MR) is 121 cm³/mol. The molecule has 1 fully saturated rings. The molecule has 2 aromatic carbocycles. The van der Waals surface area contributed by atoms with Gasteiger partial charge in [-0.1, -0.05) is 18.2 Å². The topological polar surface area (TPSA) is 79.9 Å². The number of rotatable bonds is 7. The molecule has 0 radical (unpaired) electrons. The van der Waals surface area contributed by atoms with Crippen molar-refractivity contribution < 1.29 is 19.1 Å². The Morgan fingerprint density at radius 3 is 2.65 bits per heavy atom. The Hall–Kier alpha value is -3.22. The molecule has 1 atom stereocenters. The lowest BCUT2D eigenvalue weighted by molar-refractivity contribution is -0.126. The van der Waals surface area contributed by atoms with Gasteiger partial charge in [-0.15, -0.1) is 0 Å². The van der Waals surface area contributed by atoms with Crippen LogP contribution in [0.25, 0.3) is 0 Å². The summed E-state index contributed by atoms with van der Waals surface area (Å²) in [6, 6.07) is 13.3. The Morgan fingerprint density at radius 2 is 1.90 bits per heavy atom. The number of hydrogen-bond donors (Lipinski definition) is 2. The number of carbonyl (C=O) groups is 2. The van der Waals surface area contributed by atoms with Gasteiger partial charge in [0.05, 0.1) is 20.1 Å². The van der Waals surface area contributed by atoms with E-state index in [1.165, 1.54) is 0 Å². The van der Waals surface area contributed by atoms with Crippen molar-refractivity contribution in [3.8, 4) is 11.5 Å². The molecule has 1 heterocycles. The molecular formula is C24H31N3O4. The van der Waals surface area contributed by atoms with Crippen LogP contribution >= 0.6 is 0 Å². The third kappa shape index (κ3) is 6.13. The number of carbonyl (C=O) groups excluding carboxylic acids is 2. The molecule has 0 aliphatic carbocycles. The highest BCUT2D eigenvalue weighted by Crippen LogP contribution is 2.27. The van der Waals surface area contributed by atoms with Gasteiger partial charge in [0.15, 0.2) is 11.5 Å². The van der Waals surface area contributed by atoms with E-state index in [4.69, 9.17) is 9.47 Å². The van der Waals surface area contributed by atoms with E-state index in [1.807, 2.05) is 49.4 Å². The van der Waals surface area contributed by atoms with Crippen molar-refractivity contribution in [3.05, 3.63) is 53.6 Å². The molecule has 0 saturated carbocycles. The Bertz CT molecular complexity index is 915. The summed E-state index contributed by atoms with van der Waals surface area (Å²) in [5.74, 6) is 1.16. The summed E-state index contributed by atoms with van der Waals surface area (Å²) in [4.78, 5) is 27.0. The van der Waals surface area contributed by atoms with E-state index in [1.54, 1.807) is 19.1 Å². The minimum atomic E-state index is -0.192. The van der Waals surface area contributed by atoms with Crippen LogP contribution in [0.2, 0.25) is 0 Å². The smallest absolute Gasteiger partial charge is 0.321 e. The summed E-state index contributed by atoms with van der Waals surface area (Å²) < 4.78 is 10.6. The molecule has 31 heavy (non-hydrogen) atoms. The van der Waals surface area contributed by atoms with Crippen molar-refractivity contribution in [2.75, 3.05) is 39.2 Å². The number of nitrogens with zero attached hydrogens (tertiary/aromatic N) is 1. The van der Waals surface area contributed by atoms with E-state index >= 15 is 0 Å². The fraction of sp³-hybridized carbons (Fsp3) is 0.417. The first kappa shape index (κ1) is 22.5. The molecule has 3 rings (SSSR count). The molecule has 1 saturated heterocycles. The first-order valence-electron chi connectivity index (χ1n) is 10.6. The van der Waals surface area contributed by atoms with Crippen molar-refractivity contribution in [2.45, 2.75) is 26.2 Å². The molecule has 1 aliphatic heterocycles. The molecule has 2 N–H and O–H groups in total. The quantitative estimate of drug-likeness (QED) is 0.710. The van der Waals surface area contributed by atoms with Crippen LogP contribution in [0.5, 0.6) is 11.5 Å². The van der Waals surface area contributed by atoms with Gasteiger partial charge in [-0.2, -0.15) is 0 Å². The standard InChI is InChI=1S/C24H31N3O4/c1-17-6-4-8-20(14-17)26-24(29)27-13-5-7-19(16-27)23(28)25-12-11-18-9-10-21(30-2)22(15-18)31-3/h4,6,8-10,14-15,19H,5,7,11-13,16H2,1-3H3,(H,25,28)(H,26,29). The van der Waals surface area contributed by atoms with E-state index in [0.717, 1.165) is 29.7 Å². The third-order valence-electron chi connectivity index (χ3n) is 5.51. The zero-order valence-corrected chi connectivity index (χ0v) is 18.4. The average molecular weight is 426 g/mol. The molecule has 0 aromatic heterocycles. The second kappa shape index (κ2) is 10.7. The highest BCUT2D eigenvalue weighted by Gasteiger charge is 2.28. The maximum atomic E-state index is 12.7. The molecule has 7 heteroatoms. The Labute approximate surface area is 183 Å². The van der Waals surface area contributed by atoms with Gasteiger partial charge in [0.25, 0.3) is 0 Å². The van der Waals surface area contributed by atoms with Crippen molar-refractivity contribution in [2.24, 2.45) is 5.92 Å². The van der Waals surface area contributed by atoms with Crippen molar-refractivity contribution in [3.63, 3.8) is 0 Å². The predicted octanol–water partition coefficient (Wildman–Crippen LogP) is 3.62. The van der Waals surface area contributed by atoms with Gasteiger partial charge in [-0.05, 0) is 61.6 Å². The van der Waals surface area contributed by atoms with E-state index in [9.17, 15) is 9.59 Å². The van der Waals surface area contributed by atoms with E-state index in [2.05, 4.69) is 10.6 Å². The molecule has 166 valence electrons. The van der Waals surface area contributed by atoms with Crippen LogP contribution in [0.15, 0.2) is 42.5 Å². The second-order valence-corrected chi connectivity index (χ2v) is 7.82. The van der Waals surface area contributed by atoms with Crippen LogP contribution < -0.4 is 20.1 Å². The number of ether oxygens (including phenoxy) is 2. The van der Waals surface area contributed by atoms with Gasteiger partial charge in [0.1, 0.15) is 0 Å². The number of urea groups is 1. The number of aryl methyl sites for hydroxylation is 1. The number of methoxy groups -OCH3 is 2. The monoisotopic (exact) mass is 425 g/mol. The van der Waals surface area contributed by atoms with E-state index in [-0.39, 0.29) is 17.9 Å². The van der Waals surface area contributed by atoms with Gasteiger partial charge >= 0.3 is 6.03 Å². The van der Waals surface area contributed by atoms with Gasteiger partial charge in [-0.3, -0.25) is 4.79 Å². The van der Waals surface area contributed by atoms with Crippen LogP contribution in [0.1, 0.15) is 24.0 Å². The molecular weight excluding hydrogens is 394 g/mol. The SMILES string of the molecule is COc1ccc(CCNC(=O)C2CCCN(C(=O)Nc3cccc(C)c3)C2)cc1OC. The summed E-state index contributed by atoms with van der Waals surface area (Å²) >= 11 is 0. The molecule has 1 aliphatic rings. The van der Waals surface area contributed by atoms with Crippen molar-refractivity contribution in [1.82, 2.24) is 10.2 Å². The Kier molecular flexibility index (Phi) is 7.76. The van der Waals surface area contributed by atoms with Gasteiger partial charge < -0.3 is 25.0 Å². The van der Waals surface area contributed by atoms with Crippen LogP contribution in [0.4, 0.5) is 10.5 Å². The van der Waals surface area contributed by atoms with Gasteiger partial charge in [-0.25, -0.2) is 4.79 Å². The minimum absolute atomic E-state index is 0.00599. The second-order valence-electron chi connectivity index (χ2n) is 7.82. The molecule has 0 spiro atoms. The highest BCUT2D eigenvalue weighted by molar-refractivity contribution is 5.90. The molecule has 7 nitrogen and oxygen atoms in total. The van der Waals surface area contributed by atoms with Crippen molar-refractivity contribution in [1.29, 1.82) is 0 Å². The molecule has 1 unspecified atom stereocenters. The average Bonchev–Trinajstić information content (AvgIpc) is 2.79. The summed E-state index contributed by atoms with van der Waals surface area (Å²) in [5.41, 5.74) is 2.91. The fourth-order valence-electron chi connectivity index (χ4n) is 3.81. The fourth-order valence-corrected chi connectivity index (χ4v) is 3.81. The van der Waals surface area contributed by atoms with Crippen LogP contribution in [-0.4, -0.2) is 50.7 Å². The zero-order chi connectivity index (χ0) is 22.2. The number of nitrogens with one attached hydrogen (secondary N) is 2. The van der Waals surface area contributed by atoms with E-state index < -0.39 is 0 Å². The first-order chi connectivity index (χ1) is 15.0. The highest BCUT2D eigenvalue weighted by atomic mass is 16.5. The van der Waals surface area contributed by atoms with E-state index in [0.29, 0.717) is 37.6 Å². The summed E-state index contributed by atoms with van der Waals surface area (Å²) in [7, 11) is 3.21. The molecule has 0 bridgehead atoms. The zero-order valence-electron chi connectivity index (χ0n) is 18.4. The number of hydrogen-bond acceptors (Lipinski definition) is 4. The minimum Gasteiger partial charge on any atom is -0.493 e. The van der Waals surface area contributed by atoms with Crippen LogP contribution in [0, 0.1) is 12.8 Å². The lowest BCUT2D eigenvalue weighted by Crippen LogP contribution is -2.47. The number of likely N-dealkylation sites (tertiary alicyclic amines) is 1. The lowest BCUT2D eigenvalue weighted by atomic mass is 9.97. The number of piperidine rings is 1. The number of benzene rings is 2. The number of anilines is 1. The van der Waals surface area contributed by atoms with Crippen LogP contribution in [0.3, 0.4) is 0 Å². The number of amides is 3. The Balaban J connectivity index is 1.48. The maximum Gasteiger partial charge on any atom is 0.321 e. The lowest BCUT2D eigenvalue weighted by Gasteiger charge is -2.32. The third-order valence-corrected chi connectivity index (χ3v) is 5.51. The van der Waals surface area contributed by atoms with Crippen LogP contribution in [-0.2, 0) is 11.2 Å². The summed E-state index contributed by atoms with van der Waals surface area (Å²) in [6.07, 6.45) is 2.29. The summed E-state index contributed by atoms with van der Waals surface area (Å²) in [6.45, 7) is 3.60. The van der Waals surface area contributed by atoms with Gasteiger partial charge in [0.2, 0.25) is 5.91 Å². The van der Waals surface area contributed by atoms with Gasteiger partial charge in [0, 0.05) is 25.3 Å². The van der Waals surface area contributed by atoms with Crippen molar-refractivity contribution >= 4 is 17.6 Å².